The largest absolute Gasteiger partial charge is 0.508 e. The minimum Gasteiger partial charge on any atom is -0.508 e. The smallest absolute Gasteiger partial charge is 0.134 e. The standard InChI is InChI=1S/C15H20N2O2/c1-11(2)10-19-8-7-17-15-14-9-13(18)4-3-12(14)5-6-16-15/h3-6,9,11,18H,7-8,10H2,1-2H3,(H,16,17). The van der Waals surface area contributed by atoms with E-state index < -0.39 is 0 Å². The Kier molecular flexibility index (Phi) is 4.58. The van der Waals surface area contributed by atoms with Gasteiger partial charge in [-0.25, -0.2) is 4.98 Å². The Morgan fingerprint density at radius 3 is 2.95 bits per heavy atom. The van der Waals surface area contributed by atoms with E-state index in [4.69, 9.17) is 4.74 Å². The Morgan fingerprint density at radius 1 is 1.32 bits per heavy atom. The van der Waals surface area contributed by atoms with Crippen LogP contribution in [0, 0.1) is 5.92 Å². The summed E-state index contributed by atoms with van der Waals surface area (Å²) in [5.41, 5.74) is 0. The van der Waals surface area contributed by atoms with Crippen molar-refractivity contribution >= 4 is 16.6 Å². The molecule has 0 radical (unpaired) electrons. The van der Waals surface area contributed by atoms with Gasteiger partial charge in [0, 0.05) is 24.7 Å². The molecule has 0 aliphatic carbocycles. The van der Waals surface area contributed by atoms with E-state index in [9.17, 15) is 5.11 Å². The lowest BCUT2D eigenvalue weighted by Crippen LogP contribution is -2.12. The highest BCUT2D eigenvalue weighted by Gasteiger charge is 2.03. The van der Waals surface area contributed by atoms with Gasteiger partial charge in [-0.05, 0) is 29.5 Å². The van der Waals surface area contributed by atoms with Crippen LogP contribution < -0.4 is 5.32 Å². The molecule has 1 heterocycles. The van der Waals surface area contributed by atoms with E-state index >= 15 is 0 Å². The first-order chi connectivity index (χ1) is 9.16. The summed E-state index contributed by atoms with van der Waals surface area (Å²) < 4.78 is 5.51. The summed E-state index contributed by atoms with van der Waals surface area (Å²) in [5.74, 6) is 1.58. The van der Waals surface area contributed by atoms with Gasteiger partial charge in [-0.15, -0.1) is 0 Å². The molecule has 4 heteroatoms. The van der Waals surface area contributed by atoms with E-state index in [-0.39, 0.29) is 5.75 Å². The number of ether oxygens (including phenoxy) is 1. The summed E-state index contributed by atoms with van der Waals surface area (Å²) in [6.07, 6.45) is 1.76. The molecule has 2 aromatic rings. The molecule has 0 amide bonds. The van der Waals surface area contributed by atoms with Crippen LogP contribution in [0.3, 0.4) is 0 Å². The third-order valence-electron chi connectivity index (χ3n) is 2.74. The number of nitrogens with zero attached hydrogens (tertiary/aromatic N) is 1. The van der Waals surface area contributed by atoms with E-state index in [1.54, 1.807) is 18.3 Å². The van der Waals surface area contributed by atoms with Gasteiger partial charge in [0.2, 0.25) is 0 Å². The van der Waals surface area contributed by atoms with Gasteiger partial charge < -0.3 is 15.2 Å². The van der Waals surface area contributed by atoms with Crippen molar-refractivity contribution < 1.29 is 9.84 Å². The lowest BCUT2D eigenvalue weighted by Gasteiger charge is -2.10. The number of phenolic OH excluding ortho intramolecular Hbond substituents is 1. The number of hydrogen-bond donors (Lipinski definition) is 2. The number of phenols is 1. The van der Waals surface area contributed by atoms with Crippen molar-refractivity contribution in [1.29, 1.82) is 0 Å². The summed E-state index contributed by atoms with van der Waals surface area (Å²) in [6, 6.07) is 7.21. The van der Waals surface area contributed by atoms with Crippen LogP contribution in [0.25, 0.3) is 10.8 Å². The Morgan fingerprint density at radius 2 is 2.16 bits per heavy atom. The van der Waals surface area contributed by atoms with Gasteiger partial charge in [0.1, 0.15) is 11.6 Å². The number of aromatic nitrogens is 1. The predicted octanol–water partition coefficient (Wildman–Crippen LogP) is 3.02. The van der Waals surface area contributed by atoms with Crippen LogP contribution >= 0.6 is 0 Å². The van der Waals surface area contributed by atoms with Crippen LogP contribution in [0.2, 0.25) is 0 Å². The van der Waals surface area contributed by atoms with Crippen molar-refractivity contribution in [2.75, 3.05) is 25.1 Å². The molecule has 0 atom stereocenters. The SMILES string of the molecule is CC(C)COCCNc1nccc2ccc(O)cc12. The zero-order valence-corrected chi connectivity index (χ0v) is 11.4. The Labute approximate surface area is 113 Å². The van der Waals surface area contributed by atoms with Gasteiger partial charge in [-0.1, -0.05) is 19.9 Å². The summed E-state index contributed by atoms with van der Waals surface area (Å²) in [7, 11) is 0. The fraction of sp³-hybridized carbons (Fsp3) is 0.400. The molecule has 0 bridgehead atoms. The molecule has 1 aromatic heterocycles. The number of pyridine rings is 1. The highest BCUT2D eigenvalue weighted by atomic mass is 16.5. The average Bonchev–Trinajstić information content (AvgIpc) is 2.38. The second-order valence-corrected chi connectivity index (χ2v) is 4.96. The molecule has 0 saturated carbocycles. The fourth-order valence-corrected chi connectivity index (χ4v) is 1.86. The third kappa shape index (κ3) is 3.83. The van der Waals surface area contributed by atoms with Crippen molar-refractivity contribution in [2.24, 2.45) is 5.92 Å². The molecule has 4 nitrogen and oxygen atoms in total. The first-order valence-electron chi connectivity index (χ1n) is 6.56. The maximum absolute atomic E-state index is 9.55. The molecule has 2 N–H and O–H groups in total. The van der Waals surface area contributed by atoms with Crippen molar-refractivity contribution in [3.05, 3.63) is 30.5 Å². The summed E-state index contributed by atoms with van der Waals surface area (Å²) in [4.78, 5) is 4.30. The van der Waals surface area contributed by atoms with E-state index in [0.717, 1.165) is 23.2 Å². The molecular formula is C15H20N2O2. The van der Waals surface area contributed by atoms with Crippen LogP contribution in [0.15, 0.2) is 30.5 Å². The molecule has 102 valence electrons. The van der Waals surface area contributed by atoms with Gasteiger partial charge in [0.05, 0.1) is 6.61 Å². The first-order valence-corrected chi connectivity index (χ1v) is 6.56. The van der Waals surface area contributed by atoms with Gasteiger partial charge >= 0.3 is 0 Å². The predicted molar refractivity (Wildman–Crippen MR) is 77.6 cm³/mol. The normalized spacial score (nSPS) is 11.1. The van der Waals surface area contributed by atoms with Crippen LogP contribution in [0.5, 0.6) is 5.75 Å². The maximum atomic E-state index is 9.55. The van der Waals surface area contributed by atoms with Crippen molar-refractivity contribution in [1.82, 2.24) is 4.98 Å². The number of nitrogens with one attached hydrogen (secondary N) is 1. The molecule has 0 fully saturated rings. The second kappa shape index (κ2) is 6.38. The molecule has 0 aliphatic rings. The molecule has 19 heavy (non-hydrogen) atoms. The van der Waals surface area contributed by atoms with Crippen molar-refractivity contribution in [3.63, 3.8) is 0 Å². The van der Waals surface area contributed by atoms with E-state index in [2.05, 4.69) is 24.1 Å². The number of fused-ring (bicyclic) bond motifs is 1. The minimum atomic E-state index is 0.250. The minimum absolute atomic E-state index is 0.250. The lowest BCUT2D eigenvalue weighted by molar-refractivity contribution is 0.118. The highest BCUT2D eigenvalue weighted by Crippen LogP contribution is 2.24. The molecule has 1 aromatic carbocycles. The monoisotopic (exact) mass is 260 g/mol. The Balaban J connectivity index is 1.98. The number of anilines is 1. The van der Waals surface area contributed by atoms with Crippen LogP contribution in [-0.2, 0) is 4.74 Å². The molecule has 0 spiro atoms. The highest BCUT2D eigenvalue weighted by molar-refractivity contribution is 5.92. The quantitative estimate of drug-likeness (QED) is 0.784. The molecule has 0 unspecified atom stereocenters. The van der Waals surface area contributed by atoms with Crippen LogP contribution in [0.1, 0.15) is 13.8 Å². The third-order valence-corrected chi connectivity index (χ3v) is 2.74. The number of benzene rings is 1. The zero-order chi connectivity index (χ0) is 13.7. The zero-order valence-electron chi connectivity index (χ0n) is 11.4. The first kappa shape index (κ1) is 13.6. The van der Waals surface area contributed by atoms with E-state index in [1.807, 2.05) is 12.1 Å². The average molecular weight is 260 g/mol. The summed E-state index contributed by atoms with van der Waals surface area (Å²) >= 11 is 0. The Hall–Kier alpha value is -1.81. The van der Waals surface area contributed by atoms with Gasteiger partial charge in [-0.2, -0.15) is 0 Å². The van der Waals surface area contributed by atoms with Gasteiger partial charge in [0.25, 0.3) is 0 Å². The van der Waals surface area contributed by atoms with Gasteiger partial charge in [-0.3, -0.25) is 0 Å². The lowest BCUT2D eigenvalue weighted by atomic mass is 10.1. The summed E-state index contributed by atoms with van der Waals surface area (Å²) in [6.45, 7) is 6.37. The van der Waals surface area contributed by atoms with Crippen LogP contribution in [-0.4, -0.2) is 29.8 Å². The van der Waals surface area contributed by atoms with E-state index in [1.165, 1.54) is 0 Å². The Bertz CT molecular complexity index is 541. The molecule has 2 rings (SSSR count). The van der Waals surface area contributed by atoms with Crippen LogP contribution in [0.4, 0.5) is 5.82 Å². The molecule has 0 saturated heterocycles. The van der Waals surface area contributed by atoms with Crippen molar-refractivity contribution in [3.8, 4) is 5.75 Å². The number of hydrogen-bond acceptors (Lipinski definition) is 4. The summed E-state index contributed by atoms with van der Waals surface area (Å²) in [5, 5.41) is 14.8. The van der Waals surface area contributed by atoms with E-state index in [0.29, 0.717) is 19.1 Å². The maximum Gasteiger partial charge on any atom is 0.134 e. The molecular weight excluding hydrogens is 240 g/mol. The topological polar surface area (TPSA) is 54.4 Å². The second-order valence-electron chi connectivity index (χ2n) is 4.96. The number of rotatable bonds is 6. The molecule has 0 aliphatic heterocycles. The number of aromatic hydroxyl groups is 1. The fourth-order valence-electron chi connectivity index (χ4n) is 1.86. The van der Waals surface area contributed by atoms with Crippen molar-refractivity contribution in [2.45, 2.75) is 13.8 Å². The van der Waals surface area contributed by atoms with Gasteiger partial charge in [0.15, 0.2) is 0 Å².